The van der Waals surface area contributed by atoms with Crippen molar-refractivity contribution < 1.29 is 0 Å². The first-order chi connectivity index (χ1) is 8.19. The summed E-state index contributed by atoms with van der Waals surface area (Å²) in [5, 5.41) is 11.7. The molecule has 1 aromatic heterocycles. The second-order valence-electron chi connectivity index (χ2n) is 3.15. The molecule has 4 nitrogen and oxygen atoms in total. The fraction of sp³-hybridized carbons (Fsp3) is 0. The summed E-state index contributed by atoms with van der Waals surface area (Å²) in [4.78, 5) is 8.02. The molecule has 0 saturated carbocycles. The van der Waals surface area contributed by atoms with Crippen LogP contribution in [-0.2, 0) is 0 Å². The highest BCUT2D eigenvalue weighted by molar-refractivity contribution is 9.11. The first kappa shape index (κ1) is 12.0. The zero-order chi connectivity index (χ0) is 12.3. The summed E-state index contributed by atoms with van der Waals surface area (Å²) < 4.78 is 1.89. The molecule has 0 amide bonds. The van der Waals surface area contributed by atoms with Crippen molar-refractivity contribution in [2.45, 2.75) is 0 Å². The van der Waals surface area contributed by atoms with E-state index in [1.54, 1.807) is 0 Å². The second kappa shape index (κ2) is 5.25. The van der Waals surface area contributed by atoms with Gasteiger partial charge in [-0.1, -0.05) is 15.9 Å². The summed E-state index contributed by atoms with van der Waals surface area (Å²) >= 11 is 6.82. The lowest BCUT2D eigenvalue weighted by molar-refractivity contribution is 1.16. The van der Waals surface area contributed by atoms with Gasteiger partial charge in [-0.15, -0.1) is 0 Å². The Kier molecular flexibility index (Phi) is 3.71. The van der Waals surface area contributed by atoms with E-state index >= 15 is 0 Å². The van der Waals surface area contributed by atoms with E-state index in [2.05, 4.69) is 47.1 Å². The van der Waals surface area contributed by atoms with E-state index in [0.29, 0.717) is 11.5 Å². The summed E-state index contributed by atoms with van der Waals surface area (Å²) in [5.74, 6) is 0.586. The van der Waals surface area contributed by atoms with E-state index in [1.807, 2.05) is 24.3 Å². The summed E-state index contributed by atoms with van der Waals surface area (Å²) in [7, 11) is 0. The van der Waals surface area contributed by atoms with Crippen molar-refractivity contribution >= 4 is 43.4 Å². The van der Waals surface area contributed by atoms with Crippen molar-refractivity contribution in [3.63, 3.8) is 0 Å². The largest absolute Gasteiger partial charge is 0.338 e. The minimum atomic E-state index is 0.295. The van der Waals surface area contributed by atoms with Crippen molar-refractivity contribution in [1.29, 1.82) is 5.26 Å². The van der Waals surface area contributed by atoms with Crippen LogP contribution in [0.4, 0.5) is 11.5 Å². The van der Waals surface area contributed by atoms with Gasteiger partial charge in [0.1, 0.15) is 11.9 Å². The van der Waals surface area contributed by atoms with Gasteiger partial charge in [0.05, 0.1) is 18.1 Å². The minimum absolute atomic E-state index is 0.295. The highest BCUT2D eigenvalue weighted by Crippen LogP contribution is 2.28. The van der Waals surface area contributed by atoms with Crippen LogP contribution in [0.1, 0.15) is 5.69 Å². The van der Waals surface area contributed by atoms with Crippen LogP contribution in [-0.4, -0.2) is 9.97 Å². The summed E-state index contributed by atoms with van der Waals surface area (Å²) in [5.41, 5.74) is 1.17. The van der Waals surface area contributed by atoms with Crippen molar-refractivity contribution in [3.8, 4) is 6.07 Å². The SMILES string of the molecule is N#Cc1cnc(Nc2cc(Br)ccc2Br)cn1. The highest BCUT2D eigenvalue weighted by atomic mass is 79.9. The molecule has 0 spiro atoms. The standard InChI is InChI=1S/C11H6Br2N4/c12-7-1-2-9(13)10(3-7)17-11-6-15-8(4-14)5-16-11/h1-3,5-6H,(H,16,17). The quantitative estimate of drug-likeness (QED) is 0.895. The number of halogens is 2. The van der Waals surface area contributed by atoms with Crippen LogP contribution in [0.3, 0.4) is 0 Å². The Morgan fingerprint density at radius 2 is 2.00 bits per heavy atom. The molecule has 2 rings (SSSR count). The smallest absolute Gasteiger partial charge is 0.158 e. The van der Waals surface area contributed by atoms with Gasteiger partial charge in [0.2, 0.25) is 0 Å². The normalized spacial score (nSPS) is 9.71. The average Bonchev–Trinajstić information content (AvgIpc) is 2.35. The zero-order valence-corrected chi connectivity index (χ0v) is 11.7. The van der Waals surface area contributed by atoms with Crippen LogP contribution in [0.5, 0.6) is 0 Å². The van der Waals surface area contributed by atoms with Gasteiger partial charge in [0.25, 0.3) is 0 Å². The van der Waals surface area contributed by atoms with Crippen molar-refractivity contribution in [1.82, 2.24) is 9.97 Å². The Balaban J connectivity index is 2.25. The van der Waals surface area contributed by atoms with E-state index in [-0.39, 0.29) is 0 Å². The van der Waals surface area contributed by atoms with Gasteiger partial charge in [0.15, 0.2) is 5.69 Å². The summed E-state index contributed by atoms with van der Waals surface area (Å²) in [6, 6.07) is 7.69. The van der Waals surface area contributed by atoms with Crippen molar-refractivity contribution in [2.24, 2.45) is 0 Å². The van der Waals surface area contributed by atoms with Gasteiger partial charge in [0, 0.05) is 8.95 Å². The maximum atomic E-state index is 8.61. The van der Waals surface area contributed by atoms with Crippen LogP contribution in [0, 0.1) is 11.3 Å². The van der Waals surface area contributed by atoms with E-state index in [9.17, 15) is 0 Å². The molecule has 84 valence electrons. The Labute approximate surface area is 115 Å². The number of nitrogens with zero attached hydrogens (tertiary/aromatic N) is 3. The number of benzene rings is 1. The van der Waals surface area contributed by atoms with Crippen LogP contribution in [0.15, 0.2) is 39.5 Å². The molecule has 1 aromatic carbocycles. The molecule has 0 unspecified atom stereocenters. The predicted molar refractivity (Wildman–Crippen MR) is 71.9 cm³/mol. The monoisotopic (exact) mass is 352 g/mol. The Morgan fingerprint density at radius 1 is 1.18 bits per heavy atom. The molecule has 0 aliphatic heterocycles. The molecule has 1 heterocycles. The summed E-state index contributed by atoms with van der Waals surface area (Å²) in [6.45, 7) is 0. The zero-order valence-electron chi connectivity index (χ0n) is 8.48. The van der Waals surface area contributed by atoms with E-state index in [4.69, 9.17) is 5.26 Å². The number of hydrogen-bond donors (Lipinski definition) is 1. The number of nitriles is 1. The topological polar surface area (TPSA) is 61.6 Å². The molecule has 1 N–H and O–H groups in total. The molecule has 0 fully saturated rings. The van der Waals surface area contributed by atoms with Crippen LogP contribution < -0.4 is 5.32 Å². The lowest BCUT2D eigenvalue weighted by Gasteiger charge is -2.07. The van der Waals surface area contributed by atoms with Crippen LogP contribution in [0.2, 0.25) is 0 Å². The maximum Gasteiger partial charge on any atom is 0.158 e. The predicted octanol–water partition coefficient (Wildman–Crippen LogP) is 3.62. The van der Waals surface area contributed by atoms with Crippen molar-refractivity contribution in [2.75, 3.05) is 5.32 Å². The van der Waals surface area contributed by atoms with Gasteiger partial charge in [-0.25, -0.2) is 9.97 Å². The molecule has 6 heteroatoms. The fourth-order valence-corrected chi connectivity index (χ4v) is 1.89. The highest BCUT2D eigenvalue weighted by Gasteiger charge is 2.02. The lowest BCUT2D eigenvalue weighted by atomic mass is 10.3. The number of anilines is 2. The molecule has 17 heavy (non-hydrogen) atoms. The maximum absolute atomic E-state index is 8.61. The Hall–Kier alpha value is -1.45. The molecule has 0 aliphatic carbocycles. The minimum Gasteiger partial charge on any atom is -0.338 e. The third-order valence-electron chi connectivity index (χ3n) is 1.96. The molecular weight excluding hydrogens is 348 g/mol. The molecule has 2 aromatic rings. The number of hydrogen-bond acceptors (Lipinski definition) is 4. The third-order valence-corrected chi connectivity index (χ3v) is 3.14. The average molecular weight is 354 g/mol. The van der Waals surface area contributed by atoms with Gasteiger partial charge in [-0.2, -0.15) is 5.26 Å². The first-order valence-electron chi connectivity index (χ1n) is 4.63. The Morgan fingerprint density at radius 3 is 2.65 bits per heavy atom. The molecule has 0 atom stereocenters. The molecule has 0 saturated heterocycles. The Bertz CT molecular complexity index is 575. The molecule has 0 radical (unpaired) electrons. The number of aromatic nitrogens is 2. The van der Waals surface area contributed by atoms with E-state index in [1.165, 1.54) is 12.4 Å². The van der Waals surface area contributed by atoms with Gasteiger partial charge < -0.3 is 5.32 Å². The van der Waals surface area contributed by atoms with E-state index in [0.717, 1.165) is 14.6 Å². The first-order valence-corrected chi connectivity index (χ1v) is 6.22. The number of nitrogens with one attached hydrogen (secondary N) is 1. The van der Waals surface area contributed by atoms with Crippen molar-refractivity contribution in [3.05, 3.63) is 45.2 Å². The summed E-state index contributed by atoms with van der Waals surface area (Å²) in [6.07, 6.45) is 2.94. The van der Waals surface area contributed by atoms with Gasteiger partial charge in [-0.05, 0) is 34.1 Å². The molecular formula is C11H6Br2N4. The molecule has 0 aliphatic rings. The van der Waals surface area contributed by atoms with Crippen LogP contribution >= 0.6 is 31.9 Å². The van der Waals surface area contributed by atoms with Crippen LogP contribution in [0.25, 0.3) is 0 Å². The number of rotatable bonds is 2. The fourth-order valence-electron chi connectivity index (χ4n) is 1.18. The van der Waals surface area contributed by atoms with E-state index < -0.39 is 0 Å². The molecule has 0 bridgehead atoms. The third kappa shape index (κ3) is 3.02. The lowest BCUT2D eigenvalue weighted by Crippen LogP contribution is -1.96. The van der Waals surface area contributed by atoms with Gasteiger partial charge in [-0.3, -0.25) is 0 Å². The second-order valence-corrected chi connectivity index (χ2v) is 4.92. The van der Waals surface area contributed by atoms with Gasteiger partial charge >= 0.3 is 0 Å².